The van der Waals surface area contributed by atoms with E-state index in [1.54, 1.807) is 0 Å². The maximum Gasteiger partial charge on any atom is 0.261 e. The number of carbonyl (C=O) groups excluding carboxylic acids is 1. The Bertz CT molecular complexity index is 1070. The van der Waals surface area contributed by atoms with Crippen molar-refractivity contribution in [2.75, 3.05) is 13.1 Å². The zero-order valence-electron chi connectivity index (χ0n) is 17.0. The van der Waals surface area contributed by atoms with Gasteiger partial charge in [0, 0.05) is 30.8 Å². The first-order chi connectivity index (χ1) is 14.5. The number of ether oxygens (including phenoxy) is 2. The minimum Gasteiger partial charge on any atom is -0.474 e. The van der Waals surface area contributed by atoms with E-state index < -0.39 is 26.8 Å². The van der Waals surface area contributed by atoms with Crippen molar-refractivity contribution in [1.82, 2.24) is 9.29 Å². The average molecular weight is 472 g/mol. The van der Waals surface area contributed by atoms with E-state index in [-0.39, 0.29) is 47.2 Å². The van der Waals surface area contributed by atoms with Crippen molar-refractivity contribution in [3.05, 3.63) is 53.4 Å². The lowest BCUT2D eigenvalue weighted by Crippen LogP contribution is -2.56. The number of nitrogens with zero attached hydrogens (tertiary/aromatic N) is 2. The lowest BCUT2D eigenvalue weighted by atomic mass is 9.92. The van der Waals surface area contributed by atoms with Crippen molar-refractivity contribution >= 4 is 27.5 Å². The number of hydrogen-bond acceptors (Lipinski definition) is 6. The monoisotopic (exact) mass is 471 g/mol. The van der Waals surface area contributed by atoms with Gasteiger partial charge in [0.25, 0.3) is 15.0 Å². The quantitative estimate of drug-likeness (QED) is 0.623. The second-order valence-electron chi connectivity index (χ2n) is 7.40. The number of nitrogens with two attached hydrogens (primary N) is 1. The van der Waals surface area contributed by atoms with Crippen molar-refractivity contribution < 1.29 is 27.1 Å². The molecule has 1 amide bonds. The molecule has 1 fully saturated rings. The third kappa shape index (κ3) is 4.32. The zero-order chi connectivity index (χ0) is 23.0. The molecular formula is C20H23ClFN3O5S. The molecule has 2 N–H and O–H groups in total. The van der Waals surface area contributed by atoms with Crippen LogP contribution < -0.4 is 15.2 Å². The Hall–Kier alpha value is -2.43. The number of halogens is 2. The van der Waals surface area contributed by atoms with Gasteiger partial charge in [0.05, 0.1) is 12.3 Å². The zero-order valence-corrected chi connectivity index (χ0v) is 18.6. The number of sulfonamides is 1. The van der Waals surface area contributed by atoms with Crippen LogP contribution >= 0.6 is 11.6 Å². The van der Waals surface area contributed by atoms with Crippen molar-refractivity contribution in [2.45, 2.75) is 31.4 Å². The molecule has 2 heterocycles. The first-order valence-corrected chi connectivity index (χ1v) is 11.4. The summed E-state index contributed by atoms with van der Waals surface area (Å²) in [5.41, 5.74) is 5.54. The molecule has 2 aliphatic rings. The van der Waals surface area contributed by atoms with Gasteiger partial charge < -0.3 is 15.2 Å². The van der Waals surface area contributed by atoms with E-state index in [2.05, 4.69) is 11.6 Å². The minimum absolute atomic E-state index is 0.112. The predicted molar refractivity (Wildman–Crippen MR) is 114 cm³/mol. The van der Waals surface area contributed by atoms with E-state index in [1.165, 1.54) is 18.3 Å². The number of carbonyl (C=O) groups is 1. The Balaban J connectivity index is 2.01. The van der Waals surface area contributed by atoms with Crippen LogP contribution in [0.4, 0.5) is 4.39 Å². The third-order valence-electron chi connectivity index (χ3n) is 4.82. The van der Waals surface area contributed by atoms with Crippen LogP contribution in [0, 0.1) is 5.92 Å². The second kappa shape index (κ2) is 8.60. The summed E-state index contributed by atoms with van der Waals surface area (Å²) in [6.07, 6.45) is 4.91. The molecule has 2 unspecified atom stereocenters. The van der Waals surface area contributed by atoms with E-state index in [1.807, 2.05) is 13.8 Å². The van der Waals surface area contributed by atoms with Gasteiger partial charge in [-0.05, 0) is 20.3 Å². The van der Waals surface area contributed by atoms with Gasteiger partial charge in [-0.25, -0.2) is 17.8 Å². The average Bonchev–Trinajstić information content (AvgIpc) is 2.61. The van der Waals surface area contributed by atoms with E-state index in [0.29, 0.717) is 6.42 Å². The minimum atomic E-state index is -4.54. The number of primary amides is 1. The van der Waals surface area contributed by atoms with Gasteiger partial charge in [-0.3, -0.25) is 4.79 Å². The fourth-order valence-electron chi connectivity index (χ4n) is 3.12. The standard InChI is InChI=1S/C20H23ClFN3O5S/c1-4-13-8-15(18(23)26)20(22,31(27,28)25-6-5-7-25)10-17(13)30-14-9-16(21)19(24-11-14)29-12(2)3/h4,8-12,15H,1,5-7H2,2-3H3,(H2,23,26). The SMILES string of the molecule is C=CC1=CC(C(N)=O)C(F)(S(=O)(=O)N2CCC2)C=C1Oc1cnc(OC(C)C)c(Cl)c1. The normalized spacial score (nSPS) is 24.1. The van der Waals surface area contributed by atoms with Crippen LogP contribution in [0.15, 0.2) is 48.4 Å². The van der Waals surface area contributed by atoms with Crippen LogP contribution in [0.5, 0.6) is 11.6 Å². The highest BCUT2D eigenvalue weighted by atomic mass is 35.5. The number of aromatic nitrogens is 1. The molecule has 1 aliphatic heterocycles. The van der Waals surface area contributed by atoms with E-state index in [0.717, 1.165) is 16.5 Å². The summed E-state index contributed by atoms with van der Waals surface area (Å²) in [7, 11) is -4.54. The summed E-state index contributed by atoms with van der Waals surface area (Å²) in [6.45, 7) is 7.57. The van der Waals surface area contributed by atoms with Gasteiger partial charge in [-0.2, -0.15) is 4.31 Å². The molecule has 31 heavy (non-hydrogen) atoms. The van der Waals surface area contributed by atoms with Crippen LogP contribution in [0.25, 0.3) is 0 Å². The maximum atomic E-state index is 16.1. The molecule has 0 aromatic carbocycles. The molecule has 168 valence electrons. The van der Waals surface area contributed by atoms with Crippen molar-refractivity contribution in [3.63, 3.8) is 0 Å². The molecule has 11 heteroatoms. The summed E-state index contributed by atoms with van der Waals surface area (Å²) in [5, 5.41) is -2.96. The summed E-state index contributed by atoms with van der Waals surface area (Å²) in [6, 6.07) is 1.40. The summed E-state index contributed by atoms with van der Waals surface area (Å²) >= 11 is 6.16. The first-order valence-electron chi connectivity index (χ1n) is 9.55. The number of alkyl halides is 1. The van der Waals surface area contributed by atoms with E-state index >= 15 is 4.39 Å². The van der Waals surface area contributed by atoms with Crippen molar-refractivity contribution in [1.29, 1.82) is 0 Å². The second-order valence-corrected chi connectivity index (χ2v) is 9.90. The summed E-state index contributed by atoms with van der Waals surface area (Å²) in [4.78, 5) is 16.0. The number of hydrogen-bond donors (Lipinski definition) is 1. The number of rotatable bonds is 8. The number of pyridine rings is 1. The third-order valence-corrected chi connectivity index (χ3v) is 7.30. The lowest BCUT2D eigenvalue weighted by molar-refractivity contribution is -0.122. The van der Waals surface area contributed by atoms with E-state index in [4.69, 9.17) is 26.8 Å². The molecule has 1 aromatic rings. The van der Waals surface area contributed by atoms with Gasteiger partial charge in [0.1, 0.15) is 22.4 Å². The van der Waals surface area contributed by atoms with Gasteiger partial charge in [-0.1, -0.05) is 30.3 Å². The summed E-state index contributed by atoms with van der Waals surface area (Å²) < 4.78 is 54.1. The molecule has 2 atom stereocenters. The number of amides is 1. The van der Waals surface area contributed by atoms with Crippen LogP contribution in [-0.2, 0) is 14.8 Å². The predicted octanol–water partition coefficient (Wildman–Crippen LogP) is 2.71. The van der Waals surface area contributed by atoms with Gasteiger partial charge >= 0.3 is 0 Å². The molecule has 0 spiro atoms. The highest BCUT2D eigenvalue weighted by Crippen LogP contribution is 2.42. The topological polar surface area (TPSA) is 112 Å². The smallest absolute Gasteiger partial charge is 0.261 e. The highest BCUT2D eigenvalue weighted by Gasteiger charge is 2.57. The van der Waals surface area contributed by atoms with Crippen LogP contribution in [0.3, 0.4) is 0 Å². The van der Waals surface area contributed by atoms with Crippen molar-refractivity contribution in [3.8, 4) is 11.6 Å². The van der Waals surface area contributed by atoms with Gasteiger partial charge in [0.15, 0.2) is 0 Å². The molecule has 0 bridgehead atoms. The fraction of sp³-hybridized carbons (Fsp3) is 0.400. The largest absolute Gasteiger partial charge is 0.474 e. The lowest BCUT2D eigenvalue weighted by Gasteiger charge is -2.39. The molecular weight excluding hydrogens is 449 g/mol. The highest BCUT2D eigenvalue weighted by molar-refractivity contribution is 7.90. The molecule has 1 aromatic heterocycles. The molecule has 1 saturated heterocycles. The molecule has 1 aliphatic carbocycles. The Morgan fingerprint density at radius 2 is 2.16 bits per heavy atom. The van der Waals surface area contributed by atoms with Crippen LogP contribution in [0.2, 0.25) is 5.02 Å². The van der Waals surface area contributed by atoms with Crippen molar-refractivity contribution in [2.24, 2.45) is 11.7 Å². The van der Waals surface area contributed by atoms with Gasteiger partial charge in [-0.15, -0.1) is 0 Å². The molecule has 0 radical (unpaired) electrons. The first kappa shape index (κ1) is 23.2. The Labute approximate surface area is 185 Å². The van der Waals surface area contributed by atoms with Crippen LogP contribution in [0.1, 0.15) is 20.3 Å². The fourth-order valence-corrected chi connectivity index (χ4v) is 5.22. The Kier molecular flexibility index (Phi) is 6.45. The maximum absolute atomic E-state index is 16.1. The molecule has 8 nitrogen and oxygen atoms in total. The molecule has 3 rings (SSSR count). The Morgan fingerprint density at radius 1 is 1.48 bits per heavy atom. The van der Waals surface area contributed by atoms with Crippen LogP contribution in [-0.4, -0.2) is 47.8 Å². The van der Waals surface area contributed by atoms with E-state index in [9.17, 15) is 13.2 Å². The Morgan fingerprint density at radius 3 is 2.65 bits per heavy atom. The molecule has 0 saturated carbocycles. The summed E-state index contributed by atoms with van der Waals surface area (Å²) in [5.74, 6) is -2.73. The number of allylic oxidation sites excluding steroid dienone is 1. The van der Waals surface area contributed by atoms with Gasteiger partial charge in [0.2, 0.25) is 11.8 Å².